The minimum Gasteiger partial charge on any atom is -0.508 e. The van der Waals surface area contributed by atoms with Crippen molar-refractivity contribution in [1.82, 2.24) is 0 Å². The second-order valence-corrected chi connectivity index (χ2v) is 4.46. The number of phenols is 2. The lowest BCUT2D eigenvalue weighted by atomic mass is 10.1. The van der Waals surface area contributed by atoms with Gasteiger partial charge in [-0.3, -0.25) is 4.79 Å². The van der Waals surface area contributed by atoms with Gasteiger partial charge in [-0.05, 0) is 30.3 Å². The zero-order valence-corrected chi connectivity index (χ0v) is 10.9. The molecule has 0 spiro atoms. The van der Waals surface area contributed by atoms with Crippen molar-refractivity contribution in [3.8, 4) is 11.5 Å². The van der Waals surface area contributed by atoms with Gasteiger partial charge in [0.05, 0.1) is 12.1 Å². The van der Waals surface area contributed by atoms with Gasteiger partial charge in [0.25, 0.3) is 0 Å². The summed E-state index contributed by atoms with van der Waals surface area (Å²) in [5, 5.41) is 18.8. The Hall–Kier alpha value is -2.56. The van der Waals surface area contributed by atoms with E-state index >= 15 is 0 Å². The fourth-order valence-electron chi connectivity index (χ4n) is 1.86. The van der Waals surface area contributed by atoms with Crippen LogP contribution in [0.3, 0.4) is 0 Å². The molecule has 0 aromatic heterocycles. The monoisotopic (exact) mass is 275 g/mol. The quantitative estimate of drug-likeness (QED) is 0.842. The van der Waals surface area contributed by atoms with E-state index < -0.39 is 0 Å². The summed E-state index contributed by atoms with van der Waals surface area (Å²) in [5.41, 5.74) is 0.683. The van der Waals surface area contributed by atoms with Crippen LogP contribution >= 0.6 is 0 Å². The van der Waals surface area contributed by atoms with E-state index in [1.54, 1.807) is 24.1 Å². The Morgan fingerprint density at radius 3 is 2.60 bits per heavy atom. The minimum absolute atomic E-state index is 0.0121. The first-order valence-electron chi connectivity index (χ1n) is 5.99. The van der Waals surface area contributed by atoms with Crippen LogP contribution in [0.25, 0.3) is 0 Å². The van der Waals surface area contributed by atoms with Crippen molar-refractivity contribution in [2.45, 2.75) is 0 Å². The van der Waals surface area contributed by atoms with Gasteiger partial charge in [0.15, 0.2) is 5.78 Å². The molecule has 20 heavy (non-hydrogen) atoms. The summed E-state index contributed by atoms with van der Waals surface area (Å²) in [6.45, 7) is -0.0121. The van der Waals surface area contributed by atoms with E-state index in [0.29, 0.717) is 5.69 Å². The van der Waals surface area contributed by atoms with Gasteiger partial charge in [0, 0.05) is 18.8 Å². The zero-order chi connectivity index (χ0) is 14.7. The number of hydrogen-bond donors (Lipinski definition) is 2. The minimum atomic E-state index is -0.380. The number of hydrogen-bond acceptors (Lipinski definition) is 4. The molecule has 0 amide bonds. The van der Waals surface area contributed by atoms with Crippen LogP contribution in [-0.2, 0) is 0 Å². The van der Waals surface area contributed by atoms with E-state index in [1.807, 2.05) is 0 Å². The van der Waals surface area contributed by atoms with Gasteiger partial charge in [-0.1, -0.05) is 6.07 Å². The third kappa shape index (κ3) is 3.06. The average molecular weight is 275 g/mol. The van der Waals surface area contributed by atoms with Crippen LogP contribution in [0.5, 0.6) is 11.5 Å². The average Bonchev–Trinajstić information content (AvgIpc) is 2.38. The summed E-state index contributed by atoms with van der Waals surface area (Å²) < 4.78 is 13.1. The van der Waals surface area contributed by atoms with Crippen molar-refractivity contribution in [3.63, 3.8) is 0 Å². The molecule has 0 saturated heterocycles. The molecular formula is C15H14FNO3. The van der Waals surface area contributed by atoms with Crippen LogP contribution < -0.4 is 4.90 Å². The number of ketones is 1. The summed E-state index contributed by atoms with van der Waals surface area (Å²) in [6.07, 6.45) is 0. The maximum absolute atomic E-state index is 13.1. The second kappa shape index (κ2) is 5.61. The molecule has 0 heterocycles. The van der Waals surface area contributed by atoms with Crippen LogP contribution in [0.4, 0.5) is 10.1 Å². The first-order chi connectivity index (χ1) is 9.47. The number of aromatic hydroxyl groups is 2. The molecule has 0 saturated carbocycles. The molecule has 0 atom stereocenters. The van der Waals surface area contributed by atoms with Crippen molar-refractivity contribution in [1.29, 1.82) is 0 Å². The van der Waals surface area contributed by atoms with Crippen LogP contribution in [-0.4, -0.2) is 29.6 Å². The maximum Gasteiger partial charge on any atom is 0.185 e. The third-order valence-corrected chi connectivity index (χ3v) is 2.91. The Morgan fingerprint density at radius 2 is 1.95 bits per heavy atom. The van der Waals surface area contributed by atoms with Gasteiger partial charge in [-0.2, -0.15) is 0 Å². The smallest absolute Gasteiger partial charge is 0.185 e. The van der Waals surface area contributed by atoms with Crippen LogP contribution in [0.2, 0.25) is 0 Å². The van der Waals surface area contributed by atoms with E-state index in [4.69, 9.17) is 0 Å². The van der Waals surface area contributed by atoms with Gasteiger partial charge in [-0.15, -0.1) is 0 Å². The lowest BCUT2D eigenvalue weighted by Crippen LogP contribution is -2.25. The summed E-state index contributed by atoms with van der Waals surface area (Å²) in [5.74, 6) is -1.09. The van der Waals surface area contributed by atoms with E-state index in [0.717, 1.165) is 6.07 Å². The zero-order valence-electron chi connectivity index (χ0n) is 10.9. The number of carbonyl (C=O) groups is 1. The molecule has 2 rings (SSSR count). The highest BCUT2D eigenvalue weighted by Gasteiger charge is 2.14. The summed E-state index contributed by atoms with van der Waals surface area (Å²) >= 11 is 0. The van der Waals surface area contributed by atoms with Gasteiger partial charge >= 0.3 is 0 Å². The molecule has 0 aliphatic heterocycles. The van der Waals surface area contributed by atoms with E-state index in [-0.39, 0.29) is 35.2 Å². The predicted molar refractivity (Wildman–Crippen MR) is 73.8 cm³/mol. The molecule has 0 aliphatic rings. The van der Waals surface area contributed by atoms with Crippen molar-refractivity contribution >= 4 is 11.5 Å². The predicted octanol–water partition coefficient (Wildman–Crippen LogP) is 2.56. The van der Waals surface area contributed by atoms with Crippen molar-refractivity contribution in [3.05, 3.63) is 53.8 Å². The highest BCUT2D eigenvalue weighted by molar-refractivity contribution is 6.01. The number of rotatable bonds is 4. The highest BCUT2D eigenvalue weighted by atomic mass is 19.1. The highest BCUT2D eigenvalue weighted by Crippen LogP contribution is 2.23. The Labute approximate surface area is 115 Å². The number of benzene rings is 2. The number of carbonyl (C=O) groups excluding carboxylic acids is 1. The number of anilines is 1. The molecular weight excluding hydrogens is 261 g/mol. The van der Waals surface area contributed by atoms with Gasteiger partial charge in [-0.25, -0.2) is 4.39 Å². The largest absolute Gasteiger partial charge is 0.508 e. The Kier molecular flexibility index (Phi) is 3.89. The Bertz CT molecular complexity index is 643. The van der Waals surface area contributed by atoms with Gasteiger partial charge in [0.2, 0.25) is 0 Å². The fourth-order valence-corrected chi connectivity index (χ4v) is 1.86. The molecule has 2 aromatic carbocycles. The number of nitrogens with zero attached hydrogens (tertiary/aromatic N) is 1. The molecule has 0 unspecified atom stereocenters. The molecule has 104 valence electrons. The van der Waals surface area contributed by atoms with Crippen LogP contribution in [0.1, 0.15) is 10.4 Å². The maximum atomic E-state index is 13.1. The molecule has 0 bridgehead atoms. The van der Waals surface area contributed by atoms with Crippen LogP contribution in [0.15, 0.2) is 42.5 Å². The number of likely N-dealkylation sites (N-methyl/N-ethyl adjacent to an activating group) is 1. The Balaban J connectivity index is 2.15. The molecule has 0 fully saturated rings. The van der Waals surface area contributed by atoms with Gasteiger partial charge < -0.3 is 15.1 Å². The molecule has 4 nitrogen and oxygen atoms in total. The number of Topliss-reactive ketones (excluding diaryl/α,β-unsaturated/α-hetero) is 1. The lowest BCUT2D eigenvalue weighted by molar-refractivity contribution is 0.0998. The van der Waals surface area contributed by atoms with E-state index in [1.165, 1.54) is 24.3 Å². The summed E-state index contributed by atoms with van der Waals surface area (Å²) in [4.78, 5) is 13.6. The fraction of sp³-hybridized carbons (Fsp3) is 0.133. The first kappa shape index (κ1) is 13.9. The number of phenolic OH excluding ortho intramolecular Hbond substituents is 2. The SMILES string of the molecule is CN(CC(=O)c1ccc(O)cc1O)c1cccc(F)c1. The molecule has 2 aromatic rings. The standard InChI is InChI=1S/C15H14FNO3/c1-17(11-4-2-3-10(16)7-11)9-15(20)13-6-5-12(18)8-14(13)19/h2-8,18-19H,9H2,1H3. The van der Waals surface area contributed by atoms with Crippen molar-refractivity contribution < 1.29 is 19.4 Å². The van der Waals surface area contributed by atoms with Crippen molar-refractivity contribution in [2.24, 2.45) is 0 Å². The molecule has 2 N–H and O–H groups in total. The van der Waals surface area contributed by atoms with E-state index in [9.17, 15) is 19.4 Å². The lowest BCUT2D eigenvalue weighted by Gasteiger charge is -2.18. The normalized spacial score (nSPS) is 10.3. The third-order valence-electron chi connectivity index (χ3n) is 2.91. The topological polar surface area (TPSA) is 60.8 Å². The molecule has 0 aliphatic carbocycles. The van der Waals surface area contributed by atoms with E-state index in [2.05, 4.69) is 0 Å². The summed E-state index contributed by atoms with van der Waals surface area (Å²) in [7, 11) is 1.66. The molecule has 0 radical (unpaired) electrons. The summed E-state index contributed by atoms with van der Waals surface area (Å²) in [6, 6.07) is 9.68. The second-order valence-electron chi connectivity index (χ2n) is 4.46. The number of halogens is 1. The Morgan fingerprint density at radius 1 is 1.20 bits per heavy atom. The van der Waals surface area contributed by atoms with Gasteiger partial charge in [0.1, 0.15) is 17.3 Å². The van der Waals surface area contributed by atoms with Crippen molar-refractivity contribution in [2.75, 3.05) is 18.5 Å². The van der Waals surface area contributed by atoms with Crippen LogP contribution in [0, 0.1) is 5.82 Å². The molecule has 5 heteroatoms. The first-order valence-corrected chi connectivity index (χ1v) is 5.99.